The van der Waals surface area contributed by atoms with Crippen LogP contribution in [0.1, 0.15) is 23.2 Å². The van der Waals surface area contributed by atoms with E-state index in [4.69, 9.17) is 32.7 Å². The van der Waals surface area contributed by atoms with Gasteiger partial charge in [0.1, 0.15) is 18.2 Å². The quantitative estimate of drug-likeness (QED) is 0.743. The maximum Gasteiger partial charge on any atom is 0.257 e. The van der Waals surface area contributed by atoms with Crippen LogP contribution in [0.2, 0.25) is 10.0 Å². The van der Waals surface area contributed by atoms with Gasteiger partial charge in [-0.2, -0.15) is 0 Å². The van der Waals surface area contributed by atoms with Crippen molar-refractivity contribution < 1.29 is 18.7 Å². The predicted molar refractivity (Wildman–Crippen MR) is 95.3 cm³/mol. The van der Waals surface area contributed by atoms with Crippen molar-refractivity contribution in [2.45, 2.75) is 18.9 Å². The van der Waals surface area contributed by atoms with Crippen LogP contribution in [0.4, 0.5) is 10.1 Å². The van der Waals surface area contributed by atoms with Crippen LogP contribution in [0.3, 0.4) is 0 Å². The molecule has 1 N–H and O–H groups in total. The maximum atomic E-state index is 13.6. The molecule has 2 aromatic rings. The molecule has 3 rings (SSSR count). The zero-order chi connectivity index (χ0) is 17.8. The zero-order valence-electron chi connectivity index (χ0n) is 13.2. The van der Waals surface area contributed by atoms with E-state index in [0.29, 0.717) is 18.0 Å². The Morgan fingerprint density at radius 1 is 1.28 bits per heavy atom. The van der Waals surface area contributed by atoms with Crippen LogP contribution in [0, 0.1) is 5.82 Å². The Labute approximate surface area is 154 Å². The van der Waals surface area contributed by atoms with Crippen LogP contribution >= 0.6 is 23.2 Å². The summed E-state index contributed by atoms with van der Waals surface area (Å²) in [6.07, 6.45) is 2.13. The first-order chi connectivity index (χ1) is 12.0. The van der Waals surface area contributed by atoms with E-state index in [2.05, 4.69) is 5.32 Å². The van der Waals surface area contributed by atoms with Crippen LogP contribution < -0.4 is 10.1 Å². The number of hydrogen-bond donors (Lipinski definition) is 1. The molecular formula is C18H16Cl2FNO3. The van der Waals surface area contributed by atoms with E-state index in [1.165, 1.54) is 6.07 Å². The van der Waals surface area contributed by atoms with Crippen LogP contribution in [0.25, 0.3) is 0 Å². The Morgan fingerprint density at radius 2 is 2.12 bits per heavy atom. The number of benzene rings is 2. The lowest BCUT2D eigenvalue weighted by atomic mass is 10.2. The summed E-state index contributed by atoms with van der Waals surface area (Å²) in [6.45, 7) is 1.23. The highest BCUT2D eigenvalue weighted by atomic mass is 35.5. The summed E-state index contributed by atoms with van der Waals surface area (Å²) in [7, 11) is 0. The average Bonchev–Trinajstić information content (AvgIpc) is 3.10. The predicted octanol–water partition coefficient (Wildman–Crippen LogP) is 4.94. The number of carbonyl (C=O) groups is 1. The molecule has 4 nitrogen and oxygen atoms in total. The van der Waals surface area contributed by atoms with Gasteiger partial charge in [-0.05, 0) is 37.1 Å². The van der Waals surface area contributed by atoms with Gasteiger partial charge in [0, 0.05) is 18.4 Å². The number of rotatable bonds is 5. The van der Waals surface area contributed by atoms with E-state index in [1.54, 1.807) is 24.3 Å². The monoisotopic (exact) mass is 383 g/mol. The van der Waals surface area contributed by atoms with Crippen molar-refractivity contribution in [2.75, 3.05) is 18.5 Å². The minimum Gasteiger partial charge on any atom is -0.491 e. The van der Waals surface area contributed by atoms with Crippen LogP contribution in [0.15, 0.2) is 36.4 Å². The molecule has 0 saturated carbocycles. The Morgan fingerprint density at radius 3 is 2.88 bits per heavy atom. The molecule has 1 fully saturated rings. The normalized spacial score (nSPS) is 16.7. The van der Waals surface area contributed by atoms with Crippen molar-refractivity contribution in [2.24, 2.45) is 0 Å². The second-order valence-corrected chi connectivity index (χ2v) is 6.49. The fraction of sp³-hybridized carbons (Fsp3) is 0.278. The summed E-state index contributed by atoms with van der Waals surface area (Å²) in [5, 5.41) is 2.61. The molecule has 1 saturated heterocycles. The first-order valence-electron chi connectivity index (χ1n) is 7.83. The molecule has 0 aliphatic carbocycles. The molecule has 0 bridgehead atoms. The largest absolute Gasteiger partial charge is 0.491 e. The van der Waals surface area contributed by atoms with Gasteiger partial charge in [-0.1, -0.05) is 29.3 Å². The standard InChI is InChI=1S/C18H16Cl2FNO3/c19-15-9-16(20)17(21)8-14(15)18(23)22-11-3-1-4-12(7-11)25-10-13-5-2-6-24-13/h1,3-4,7-9,13H,2,5-6,10H2,(H,22,23)/t13-/m0/s1. The minimum absolute atomic E-state index is 0.00856. The smallest absolute Gasteiger partial charge is 0.257 e. The van der Waals surface area contributed by atoms with Crippen molar-refractivity contribution in [3.8, 4) is 5.75 Å². The number of nitrogens with one attached hydrogen (secondary N) is 1. The van der Waals surface area contributed by atoms with Gasteiger partial charge >= 0.3 is 0 Å². The van der Waals surface area contributed by atoms with Crippen molar-refractivity contribution in [1.82, 2.24) is 0 Å². The summed E-state index contributed by atoms with van der Waals surface area (Å²) in [6, 6.07) is 9.15. The van der Waals surface area contributed by atoms with Gasteiger partial charge in [0.05, 0.1) is 21.7 Å². The van der Waals surface area contributed by atoms with Crippen LogP contribution in [-0.2, 0) is 4.74 Å². The number of carbonyl (C=O) groups excluding carboxylic acids is 1. The van der Waals surface area contributed by atoms with E-state index in [0.717, 1.165) is 25.5 Å². The Kier molecular flexibility index (Phi) is 5.78. The molecule has 132 valence electrons. The molecular weight excluding hydrogens is 368 g/mol. The Balaban J connectivity index is 1.67. The summed E-state index contributed by atoms with van der Waals surface area (Å²) >= 11 is 11.6. The maximum absolute atomic E-state index is 13.6. The van der Waals surface area contributed by atoms with Gasteiger partial charge in [-0.15, -0.1) is 0 Å². The van der Waals surface area contributed by atoms with Crippen molar-refractivity contribution in [3.63, 3.8) is 0 Å². The topological polar surface area (TPSA) is 47.6 Å². The number of amides is 1. The third kappa shape index (κ3) is 4.63. The number of halogens is 3. The molecule has 1 aliphatic heterocycles. The van der Waals surface area contributed by atoms with Gasteiger partial charge < -0.3 is 14.8 Å². The SMILES string of the molecule is O=C(Nc1cccc(OC[C@@H]2CCCO2)c1)c1cc(F)c(Cl)cc1Cl. The van der Waals surface area contributed by atoms with Gasteiger partial charge in [-0.3, -0.25) is 4.79 Å². The highest BCUT2D eigenvalue weighted by Gasteiger charge is 2.17. The first kappa shape index (κ1) is 18.0. The second-order valence-electron chi connectivity index (χ2n) is 5.67. The van der Waals surface area contributed by atoms with E-state index in [1.807, 2.05) is 0 Å². The molecule has 0 spiro atoms. The van der Waals surface area contributed by atoms with Gasteiger partial charge in [0.25, 0.3) is 5.91 Å². The van der Waals surface area contributed by atoms with Crippen molar-refractivity contribution >= 4 is 34.8 Å². The average molecular weight is 384 g/mol. The number of hydrogen-bond acceptors (Lipinski definition) is 3. The van der Waals surface area contributed by atoms with E-state index >= 15 is 0 Å². The van der Waals surface area contributed by atoms with E-state index < -0.39 is 11.7 Å². The lowest BCUT2D eigenvalue weighted by molar-refractivity contribution is 0.0680. The summed E-state index contributed by atoms with van der Waals surface area (Å²) in [5.74, 6) is -0.622. The lowest BCUT2D eigenvalue weighted by Crippen LogP contribution is -2.16. The van der Waals surface area contributed by atoms with Gasteiger partial charge in [0.15, 0.2) is 0 Å². The Bertz CT molecular complexity index is 779. The molecule has 1 atom stereocenters. The molecule has 0 aromatic heterocycles. The molecule has 25 heavy (non-hydrogen) atoms. The third-order valence-electron chi connectivity index (χ3n) is 3.81. The first-order valence-corrected chi connectivity index (χ1v) is 8.59. The highest BCUT2D eigenvalue weighted by molar-refractivity contribution is 6.37. The van der Waals surface area contributed by atoms with Crippen molar-refractivity contribution in [3.05, 3.63) is 57.8 Å². The van der Waals surface area contributed by atoms with Crippen LogP contribution in [-0.4, -0.2) is 25.2 Å². The molecule has 0 unspecified atom stereocenters. The number of ether oxygens (including phenoxy) is 2. The molecule has 1 heterocycles. The van der Waals surface area contributed by atoms with Crippen molar-refractivity contribution in [1.29, 1.82) is 0 Å². The summed E-state index contributed by atoms with van der Waals surface area (Å²) in [5.41, 5.74) is 0.524. The molecule has 1 amide bonds. The molecule has 7 heteroatoms. The summed E-state index contributed by atoms with van der Waals surface area (Å²) in [4.78, 5) is 12.3. The van der Waals surface area contributed by atoms with Gasteiger partial charge in [-0.25, -0.2) is 4.39 Å². The van der Waals surface area contributed by atoms with E-state index in [-0.39, 0.29) is 21.7 Å². The highest BCUT2D eigenvalue weighted by Crippen LogP contribution is 2.26. The molecule has 0 radical (unpaired) electrons. The lowest BCUT2D eigenvalue weighted by Gasteiger charge is -2.13. The Hall–Kier alpha value is -1.82. The van der Waals surface area contributed by atoms with E-state index in [9.17, 15) is 9.18 Å². The fourth-order valence-corrected chi connectivity index (χ4v) is 2.99. The zero-order valence-corrected chi connectivity index (χ0v) is 14.7. The molecule has 1 aliphatic rings. The minimum atomic E-state index is -0.704. The third-order valence-corrected chi connectivity index (χ3v) is 4.41. The summed E-state index contributed by atoms with van der Waals surface area (Å²) < 4.78 is 24.8. The van der Waals surface area contributed by atoms with Crippen LogP contribution in [0.5, 0.6) is 5.75 Å². The number of anilines is 1. The fourth-order valence-electron chi connectivity index (χ4n) is 2.52. The second kappa shape index (κ2) is 8.04. The molecule has 2 aromatic carbocycles. The van der Waals surface area contributed by atoms with Gasteiger partial charge in [0.2, 0.25) is 0 Å².